The van der Waals surface area contributed by atoms with E-state index in [9.17, 15) is 4.79 Å². The third-order valence-corrected chi connectivity index (χ3v) is 3.27. The fraction of sp³-hybridized carbons (Fsp3) is 0.385. The molecule has 2 aromatic rings. The van der Waals surface area contributed by atoms with Crippen LogP contribution in [-0.2, 0) is 4.79 Å². The molecule has 0 saturated carbocycles. The van der Waals surface area contributed by atoms with Crippen LogP contribution in [0.5, 0.6) is 5.75 Å². The molecule has 1 amide bonds. The van der Waals surface area contributed by atoms with Crippen molar-refractivity contribution in [2.75, 3.05) is 7.11 Å². The number of alkyl halides is 1. The van der Waals surface area contributed by atoms with Crippen LogP contribution in [-0.4, -0.2) is 22.6 Å². The fourth-order valence-corrected chi connectivity index (χ4v) is 2.19. The molecule has 0 saturated heterocycles. The fourth-order valence-electron chi connectivity index (χ4n) is 2.04. The monoisotopic (exact) mass is 281 g/mol. The van der Waals surface area contributed by atoms with Crippen molar-refractivity contribution in [1.82, 2.24) is 9.55 Å². The molecule has 6 heteroatoms. The average molecular weight is 282 g/mol. The summed E-state index contributed by atoms with van der Waals surface area (Å²) < 4.78 is 6.94. The van der Waals surface area contributed by atoms with Crippen molar-refractivity contribution in [3.63, 3.8) is 0 Å². The van der Waals surface area contributed by atoms with Crippen molar-refractivity contribution in [2.45, 2.75) is 25.3 Å². The number of aromatic nitrogens is 2. The van der Waals surface area contributed by atoms with Crippen LogP contribution >= 0.6 is 11.6 Å². The number of hydrogen-bond acceptors (Lipinski definition) is 3. The lowest BCUT2D eigenvalue weighted by atomic mass is 10.2. The summed E-state index contributed by atoms with van der Waals surface area (Å²) in [5.41, 5.74) is 6.93. The van der Waals surface area contributed by atoms with Crippen LogP contribution in [0.3, 0.4) is 0 Å². The molecule has 1 aromatic carbocycles. The Kier molecular flexibility index (Phi) is 3.66. The molecule has 1 aromatic heterocycles. The van der Waals surface area contributed by atoms with Crippen molar-refractivity contribution < 1.29 is 9.53 Å². The molecule has 102 valence electrons. The molecule has 0 spiro atoms. The number of nitrogens with zero attached hydrogens (tertiary/aromatic N) is 2. The van der Waals surface area contributed by atoms with Crippen molar-refractivity contribution in [1.29, 1.82) is 0 Å². The molecule has 2 atom stereocenters. The number of ether oxygens (including phenoxy) is 1. The van der Waals surface area contributed by atoms with Gasteiger partial charge in [-0.2, -0.15) is 0 Å². The molecule has 0 aliphatic carbocycles. The average Bonchev–Trinajstić information content (AvgIpc) is 2.75. The second-order valence-corrected chi connectivity index (χ2v) is 5.04. The normalized spacial score (nSPS) is 14.3. The number of amides is 1. The lowest BCUT2D eigenvalue weighted by Gasteiger charge is -2.15. The Morgan fingerprint density at radius 3 is 2.68 bits per heavy atom. The van der Waals surface area contributed by atoms with Gasteiger partial charge in [0.05, 0.1) is 23.5 Å². The van der Waals surface area contributed by atoms with E-state index in [4.69, 9.17) is 22.1 Å². The zero-order valence-corrected chi connectivity index (χ0v) is 11.8. The third kappa shape index (κ3) is 2.38. The molecule has 2 unspecified atom stereocenters. The molecule has 0 radical (unpaired) electrons. The molecule has 2 N–H and O–H groups in total. The number of nitrogens with two attached hydrogens (primary N) is 1. The summed E-state index contributed by atoms with van der Waals surface area (Å²) in [6, 6.07) is 4.97. The number of carbonyl (C=O) groups excluding carboxylic acids is 1. The number of carbonyl (C=O) groups is 1. The predicted octanol–water partition coefficient (Wildman–Crippen LogP) is 2.39. The van der Waals surface area contributed by atoms with E-state index < -0.39 is 11.9 Å². The lowest BCUT2D eigenvalue weighted by Crippen LogP contribution is -2.25. The van der Waals surface area contributed by atoms with Gasteiger partial charge < -0.3 is 15.0 Å². The molecule has 19 heavy (non-hydrogen) atoms. The van der Waals surface area contributed by atoms with Gasteiger partial charge in [-0.25, -0.2) is 4.98 Å². The quantitative estimate of drug-likeness (QED) is 0.875. The number of benzene rings is 1. The van der Waals surface area contributed by atoms with Crippen molar-refractivity contribution >= 4 is 28.5 Å². The van der Waals surface area contributed by atoms with Gasteiger partial charge in [0.1, 0.15) is 17.6 Å². The molecule has 0 fully saturated rings. The van der Waals surface area contributed by atoms with Crippen LogP contribution in [0.4, 0.5) is 0 Å². The smallest absolute Gasteiger partial charge is 0.240 e. The minimum Gasteiger partial charge on any atom is -0.497 e. The van der Waals surface area contributed by atoms with Gasteiger partial charge in [-0.1, -0.05) is 0 Å². The minimum absolute atomic E-state index is 0.319. The molecular weight excluding hydrogens is 266 g/mol. The van der Waals surface area contributed by atoms with E-state index in [-0.39, 0.29) is 5.38 Å². The maximum Gasteiger partial charge on any atom is 0.240 e. The summed E-state index contributed by atoms with van der Waals surface area (Å²) >= 11 is 6.14. The second-order valence-electron chi connectivity index (χ2n) is 4.39. The third-order valence-electron chi connectivity index (χ3n) is 3.08. The number of imidazole rings is 1. The second kappa shape index (κ2) is 5.09. The van der Waals surface area contributed by atoms with Crippen LogP contribution in [0.25, 0.3) is 11.0 Å². The Morgan fingerprint density at radius 2 is 2.16 bits per heavy atom. The number of rotatable bonds is 4. The van der Waals surface area contributed by atoms with Gasteiger partial charge in [0.2, 0.25) is 5.91 Å². The summed E-state index contributed by atoms with van der Waals surface area (Å²) in [6.07, 6.45) is 0. The van der Waals surface area contributed by atoms with E-state index in [0.717, 1.165) is 11.0 Å². The first-order valence-electron chi connectivity index (χ1n) is 5.95. The number of hydrogen-bond donors (Lipinski definition) is 1. The summed E-state index contributed by atoms with van der Waals surface area (Å²) in [4.78, 5) is 15.9. The van der Waals surface area contributed by atoms with Gasteiger partial charge in [-0.15, -0.1) is 11.6 Å². The van der Waals surface area contributed by atoms with Crippen molar-refractivity contribution in [3.05, 3.63) is 24.0 Å². The SMILES string of the molecule is COc1ccc2c(c1)nc(C(C)Cl)n2C(C)C(N)=O. The van der Waals surface area contributed by atoms with Crippen LogP contribution in [0.1, 0.15) is 31.1 Å². The summed E-state index contributed by atoms with van der Waals surface area (Å²) in [5, 5.41) is -0.319. The zero-order chi connectivity index (χ0) is 14.2. The van der Waals surface area contributed by atoms with Gasteiger partial charge in [0, 0.05) is 6.07 Å². The first-order chi connectivity index (χ1) is 8.95. The van der Waals surface area contributed by atoms with Crippen molar-refractivity contribution in [3.8, 4) is 5.75 Å². The van der Waals surface area contributed by atoms with Crippen LogP contribution in [0.2, 0.25) is 0 Å². The van der Waals surface area contributed by atoms with Crippen LogP contribution < -0.4 is 10.5 Å². The van der Waals surface area contributed by atoms with E-state index in [1.165, 1.54) is 0 Å². The molecule has 0 aliphatic heterocycles. The largest absolute Gasteiger partial charge is 0.497 e. The molecule has 2 rings (SSSR count). The highest BCUT2D eigenvalue weighted by Crippen LogP contribution is 2.29. The Morgan fingerprint density at radius 1 is 1.47 bits per heavy atom. The molecular formula is C13H16ClN3O2. The highest BCUT2D eigenvalue weighted by Gasteiger charge is 2.22. The van der Waals surface area contributed by atoms with Gasteiger partial charge in [0.25, 0.3) is 0 Å². The Hall–Kier alpha value is -1.75. The molecule has 0 bridgehead atoms. The van der Waals surface area contributed by atoms with Crippen LogP contribution in [0.15, 0.2) is 18.2 Å². The Bertz CT molecular complexity index is 622. The molecule has 0 aliphatic rings. The van der Waals surface area contributed by atoms with E-state index in [1.54, 1.807) is 18.6 Å². The van der Waals surface area contributed by atoms with Gasteiger partial charge in [-0.3, -0.25) is 4.79 Å². The van der Waals surface area contributed by atoms with E-state index in [1.807, 2.05) is 25.1 Å². The maximum atomic E-state index is 11.4. The lowest BCUT2D eigenvalue weighted by molar-refractivity contribution is -0.120. The minimum atomic E-state index is -0.505. The van der Waals surface area contributed by atoms with Gasteiger partial charge in [0.15, 0.2) is 0 Å². The van der Waals surface area contributed by atoms with Gasteiger partial charge >= 0.3 is 0 Å². The first-order valence-corrected chi connectivity index (χ1v) is 6.38. The highest BCUT2D eigenvalue weighted by molar-refractivity contribution is 6.20. The van der Waals surface area contributed by atoms with E-state index in [0.29, 0.717) is 11.6 Å². The highest BCUT2D eigenvalue weighted by atomic mass is 35.5. The van der Waals surface area contributed by atoms with Gasteiger partial charge in [-0.05, 0) is 26.0 Å². The summed E-state index contributed by atoms with van der Waals surface area (Å²) in [7, 11) is 1.59. The molecule has 5 nitrogen and oxygen atoms in total. The van der Waals surface area contributed by atoms with E-state index in [2.05, 4.69) is 4.98 Å². The number of primary amides is 1. The number of halogens is 1. The summed E-state index contributed by atoms with van der Waals surface area (Å²) in [5.74, 6) is 0.905. The predicted molar refractivity (Wildman–Crippen MR) is 74.5 cm³/mol. The van der Waals surface area contributed by atoms with Crippen LogP contribution in [0, 0.1) is 0 Å². The Balaban J connectivity index is 2.70. The standard InChI is InChI=1S/C13H16ClN3O2/c1-7(14)13-16-10-6-9(19-3)4-5-11(10)17(13)8(2)12(15)18/h4-8H,1-3H3,(H2,15,18). The molecule has 1 heterocycles. The first kappa shape index (κ1) is 13.7. The number of fused-ring (bicyclic) bond motifs is 1. The topological polar surface area (TPSA) is 70.1 Å². The van der Waals surface area contributed by atoms with E-state index >= 15 is 0 Å². The maximum absolute atomic E-state index is 11.4. The number of methoxy groups -OCH3 is 1. The Labute approximate surface area is 116 Å². The van der Waals surface area contributed by atoms with Crippen molar-refractivity contribution in [2.24, 2.45) is 5.73 Å². The summed E-state index contributed by atoms with van der Waals surface area (Å²) in [6.45, 7) is 3.54. The zero-order valence-electron chi connectivity index (χ0n) is 11.1.